The number of hydrogen-bond donors (Lipinski definition) is 2. The van der Waals surface area contributed by atoms with Crippen molar-refractivity contribution in [3.05, 3.63) is 12.4 Å². The number of hydrogen-bond acceptors (Lipinski definition) is 5. The maximum atomic E-state index is 11.8. The quantitative estimate of drug-likeness (QED) is 0.808. The lowest BCUT2D eigenvalue weighted by Gasteiger charge is -2.33. The van der Waals surface area contributed by atoms with Crippen molar-refractivity contribution in [2.24, 2.45) is 5.92 Å². The van der Waals surface area contributed by atoms with Crippen molar-refractivity contribution < 1.29 is 4.79 Å². The molecular formula is C17H29N5O. The largest absolute Gasteiger partial charge is 0.370 e. The van der Waals surface area contributed by atoms with Crippen molar-refractivity contribution in [1.29, 1.82) is 0 Å². The predicted molar refractivity (Wildman–Crippen MR) is 93.6 cm³/mol. The van der Waals surface area contributed by atoms with E-state index in [2.05, 4.69) is 32.4 Å². The molecule has 0 spiro atoms. The third-order valence-corrected chi connectivity index (χ3v) is 4.08. The van der Waals surface area contributed by atoms with Gasteiger partial charge in [0.25, 0.3) is 0 Å². The Balaban J connectivity index is 1.88. The summed E-state index contributed by atoms with van der Waals surface area (Å²) < 4.78 is 0. The average Bonchev–Trinajstić information content (AvgIpc) is 2.53. The summed E-state index contributed by atoms with van der Waals surface area (Å²) in [6.45, 7) is 8.90. The Bertz CT molecular complexity index is 506. The molecule has 128 valence electrons. The number of amides is 1. The van der Waals surface area contributed by atoms with Gasteiger partial charge in [0, 0.05) is 38.2 Å². The van der Waals surface area contributed by atoms with Gasteiger partial charge < -0.3 is 15.5 Å². The van der Waals surface area contributed by atoms with Crippen LogP contribution in [0.1, 0.15) is 46.5 Å². The zero-order chi connectivity index (χ0) is 16.7. The van der Waals surface area contributed by atoms with Crippen LogP contribution in [0.2, 0.25) is 0 Å². The summed E-state index contributed by atoms with van der Waals surface area (Å²) in [7, 11) is 0. The molecule has 23 heavy (non-hydrogen) atoms. The fourth-order valence-corrected chi connectivity index (χ4v) is 3.04. The van der Waals surface area contributed by atoms with Gasteiger partial charge in [-0.25, -0.2) is 9.97 Å². The first-order valence-electron chi connectivity index (χ1n) is 8.68. The molecule has 6 heteroatoms. The van der Waals surface area contributed by atoms with E-state index in [4.69, 9.17) is 0 Å². The highest BCUT2D eigenvalue weighted by Crippen LogP contribution is 2.25. The van der Waals surface area contributed by atoms with Crippen molar-refractivity contribution >= 4 is 17.5 Å². The molecular weight excluding hydrogens is 290 g/mol. The van der Waals surface area contributed by atoms with Crippen LogP contribution in [0.15, 0.2) is 12.4 Å². The van der Waals surface area contributed by atoms with Crippen molar-refractivity contribution in [2.75, 3.05) is 29.9 Å². The van der Waals surface area contributed by atoms with Gasteiger partial charge in [-0.15, -0.1) is 0 Å². The minimum Gasteiger partial charge on any atom is -0.370 e. The third-order valence-electron chi connectivity index (χ3n) is 4.08. The number of nitrogens with one attached hydrogen (secondary N) is 2. The van der Waals surface area contributed by atoms with E-state index in [0.29, 0.717) is 12.3 Å². The molecule has 1 amide bonds. The lowest BCUT2D eigenvalue weighted by molar-refractivity contribution is -0.121. The molecule has 2 heterocycles. The van der Waals surface area contributed by atoms with Crippen LogP contribution in [0.4, 0.5) is 11.6 Å². The summed E-state index contributed by atoms with van der Waals surface area (Å²) in [5, 5.41) is 6.19. The molecule has 0 aliphatic carbocycles. The second-order valence-electron chi connectivity index (χ2n) is 6.51. The maximum absolute atomic E-state index is 11.8. The molecule has 1 atom stereocenters. The van der Waals surface area contributed by atoms with Crippen LogP contribution in [-0.4, -0.2) is 41.6 Å². The molecule has 0 unspecified atom stereocenters. The zero-order valence-corrected chi connectivity index (χ0v) is 14.5. The number of nitrogens with zero attached hydrogens (tertiary/aromatic N) is 3. The highest BCUT2D eigenvalue weighted by molar-refractivity contribution is 5.76. The summed E-state index contributed by atoms with van der Waals surface area (Å²) in [4.78, 5) is 22.8. The molecule has 0 bridgehead atoms. The third kappa shape index (κ3) is 5.69. The van der Waals surface area contributed by atoms with E-state index < -0.39 is 0 Å². The first-order chi connectivity index (χ1) is 11.1. The molecule has 1 aromatic rings. The summed E-state index contributed by atoms with van der Waals surface area (Å²) in [6, 6.07) is 2.23. The fourth-order valence-electron chi connectivity index (χ4n) is 3.04. The minimum atomic E-state index is 0.161. The SMILES string of the molecule is CCNc1cc(N2CCC[C@@H](CCC(=O)NC(C)C)C2)ncn1. The summed E-state index contributed by atoms with van der Waals surface area (Å²) in [6.07, 6.45) is 5.52. The topological polar surface area (TPSA) is 70.2 Å². The molecule has 0 aromatic carbocycles. The van der Waals surface area contributed by atoms with Gasteiger partial charge in [0.15, 0.2) is 0 Å². The standard InChI is InChI=1S/C17H29N5O/c1-4-18-15-10-16(20-12-19-15)22-9-5-6-14(11-22)7-8-17(23)21-13(2)3/h10,12-14H,4-9,11H2,1-3H3,(H,21,23)(H,18,19,20)/t14-/m0/s1. The van der Waals surface area contributed by atoms with Gasteiger partial charge >= 0.3 is 0 Å². The first kappa shape index (κ1) is 17.5. The fraction of sp³-hybridized carbons (Fsp3) is 0.706. The van der Waals surface area contributed by atoms with E-state index in [1.807, 2.05) is 19.9 Å². The Morgan fingerprint density at radius 2 is 2.26 bits per heavy atom. The minimum absolute atomic E-state index is 0.161. The Hall–Kier alpha value is -1.85. The van der Waals surface area contributed by atoms with Crippen molar-refractivity contribution in [2.45, 2.75) is 52.5 Å². The molecule has 6 nitrogen and oxygen atoms in total. The van der Waals surface area contributed by atoms with Gasteiger partial charge in [-0.3, -0.25) is 4.79 Å². The van der Waals surface area contributed by atoms with Crippen LogP contribution in [0.5, 0.6) is 0 Å². The Kier molecular flexibility index (Phi) is 6.62. The molecule has 2 rings (SSSR count). The average molecular weight is 319 g/mol. The Morgan fingerprint density at radius 1 is 1.43 bits per heavy atom. The van der Waals surface area contributed by atoms with Crippen LogP contribution < -0.4 is 15.5 Å². The lowest BCUT2D eigenvalue weighted by atomic mass is 9.93. The molecule has 1 saturated heterocycles. The number of carbonyl (C=O) groups excluding carboxylic acids is 1. The smallest absolute Gasteiger partial charge is 0.220 e. The summed E-state index contributed by atoms with van der Waals surface area (Å²) >= 11 is 0. The van der Waals surface area contributed by atoms with E-state index >= 15 is 0 Å². The molecule has 1 aromatic heterocycles. The highest BCUT2D eigenvalue weighted by Gasteiger charge is 2.22. The van der Waals surface area contributed by atoms with Crippen LogP contribution in [-0.2, 0) is 4.79 Å². The highest BCUT2D eigenvalue weighted by atomic mass is 16.1. The molecule has 0 radical (unpaired) electrons. The second kappa shape index (κ2) is 8.70. The number of anilines is 2. The van der Waals surface area contributed by atoms with E-state index in [9.17, 15) is 4.79 Å². The van der Waals surface area contributed by atoms with Crippen LogP contribution in [0.25, 0.3) is 0 Å². The normalized spacial score (nSPS) is 18.1. The first-order valence-corrected chi connectivity index (χ1v) is 8.68. The van der Waals surface area contributed by atoms with Crippen molar-refractivity contribution in [1.82, 2.24) is 15.3 Å². The van der Waals surface area contributed by atoms with Crippen LogP contribution in [0, 0.1) is 5.92 Å². The molecule has 1 aliphatic rings. The predicted octanol–water partition coefficient (Wildman–Crippen LogP) is 2.43. The summed E-state index contributed by atoms with van der Waals surface area (Å²) in [5.41, 5.74) is 0. The van der Waals surface area contributed by atoms with Gasteiger partial charge in [0.1, 0.15) is 18.0 Å². The number of rotatable bonds is 7. The second-order valence-corrected chi connectivity index (χ2v) is 6.51. The van der Waals surface area contributed by atoms with E-state index in [1.165, 1.54) is 6.42 Å². The summed E-state index contributed by atoms with van der Waals surface area (Å²) in [5.74, 6) is 2.57. The Labute approximate surface area is 139 Å². The maximum Gasteiger partial charge on any atom is 0.220 e. The number of piperidine rings is 1. The van der Waals surface area contributed by atoms with Gasteiger partial charge in [0.05, 0.1) is 0 Å². The molecule has 0 saturated carbocycles. The van der Waals surface area contributed by atoms with Gasteiger partial charge in [-0.1, -0.05) is 0 Å². The van der Waals surface area contributed by atoms with Gasteiger partial charge in [0.2, 0.25) is 5.91 Å². The lowest BCUT2D eigenvalue weighted by Crippen LogP contribution is -2.37. The van der Waals surface area contributed by atoms with E-state index in [0.717, 1.165) is 44.1 Å². The van der Waals surface area contributed by atoms with Gasteiger partial charge in [-0.05, 0) is 46.0 Å². The zero-order valence-electron chi connectivity index (χ0n) is 14.5. The molecule has 1 fully saturated rings. The number of carbonyl (C=O) groups is 1. The molecule has 1 aliphatic heterocycles. The van der Waals surface area contributed by atoms with Crippen molar-refractivity contribution in [3.63, 3.8) is 0 Å². The van der Waals surface area contributed by atoms with Gasteiger partial charge in [-0.2, -0.15) is 0 Å². The van der Waals surface area contributed by atoms with E-state index in [1.54, 1.807) is 6.33 Å². The monoisotopic (exact) mass is 319 g/mol. The van der Waals surface area contributed by atoms with Crippen LogP contribution in [0.3, 0.4) is 0 Å². The number of aromatic nitrogens is 2. The van der Waals surface area contributed by atoms with Crippen LogP contribution >= 0.6 is 0 Å². The van der Waals surface area contributed by atoms with Crippen molar-refractivity contribution in [3.8, 4) is 0 Å². The van der Waals surface area contributed by atoms with E-state index in [-0.39, 0.29) is 11.9 Å². The Morgan fingerprint density at radius 3 is 3.00 bits per heavy atom. The molecule has 2 N–H and O–H groups in total.